The predicted molar refractivity (Wildman–Crippen MR) is 86.4 cm³/mol. The van der Waals surface area contributed by atoms with E-state index in [9.17, 15) is 4.79 Å². The highest BCUT2D eigenvalue weighted by molar-refractivity contribution is 6.33. The Bertz CT molecular complexity index is 731. The number of aromatic nitrogens is 3. The van der Waals surface area contributed by atoms with E-state index in [1.165, 1.54) is 0 Å². The van der Waals surface area contributed by atoms with Gasteiger partial charge in [0.25, 0.3) is 0 Å². The van der Waals surface area contributed by atoms with Crippen molar-refractivity contribution in [1.29, 1.82) is 0 Å². The number of benzene rings is 1. The second-order valence-electron chi connectivity index (χ2n) is 5.45. The second kappa shape index (κ2) is 6.55. The van der Waals surface area contributed by atoms with E-state index in [4.69, 9.17) is 16.3 Å². The molecule has 1 aromatic heterocycles. The van der Waals surface area contributed by atoms with Crippen LogP contribution in [0.4, 0.5) is 10.5 Å². The molecule has 2 aromatic rings. The van der Waals surface area contributed by atoms with Gasteiger partial charge in [0.15, 0.2) is 11.6 Å². The number of hydrogen-bond acceptors (Lipinski definition) is 4. The van der Waals surface area contributed by atoms with Crippen LogP contribution in [0, 0.1) is 6.92 Å². The minimum Gasteiger partial charge on any atom is -0.377 e. The van der Waals surface area contributed by atoms with Crippen molar-refractivity contribution in [1.82, 2.24) is 19.7 Å². The molecule has 0 saturated heterocycles. The van der Waals surface area contributed by atoms with Gasteiger partial charge in [0.1, 0.15) is 6.61 Å². The molecule has 7 nitrogen and oxygen atoms in total. The van der Waals surface area contributed by atoms with Gasteiger partial charge in [0.05, 0.1) is 17.3 Å². The maximum absolute atomic E-state index is 12.4. The molecule has 3 rings (SSSR count). The Kier molecular flexibility index (Phi) is 4.49. The number of aryl methyl sites for hydroxylation is 1. The summed E-state index contributed by atoms with van der Waals surface area (Å²) in [7, 11) is 1.62. The third-order valence-corrected chi connectivity index (χ3v) is 4.07. The van der Waals surface area contributed by atoms with Crippen LogP contribution in [0.2, 0.25) is 5.02 Å². The number of nitrogens with zero attached hydrogens (tertiary/aromatic N) is 4. The number of amides is 2. The molecule has 122 valence electrons. The molecule has 1 aliphatic heterocycles. The zero-order valence-corrected chi connectivity index (χ0v) is 13.8. The molecule has 2 amide bonds. The number of carbonyl (C=O) groups is 1. The van der Waals surface area contributed by atoms with Crippen LogP contribution in [-0.2, 0) is 24.4 Å². The lowest BCUT2D eigenvalue weighted by molar-refractivity contribution is 0.167. The first-order chi connectivity index (χ1) is 11.1. The predicted octanol–water partition coefficient (Wildman–Crippen LogP) is 2.43. The molecule has 0 fully saturated rings. The van der Waals surface area contributed by atoms with Crippen LogP contribution in [0.1, 0.15) is 17.2 Å². The van der Waals surface area contributed by atoms with Crippen LogP contribution in [0.25, 0.3) is 0 Å². The van der Waals surface area contributed by atoms with E-state index < -0.39 is 0 Å². The maximum atomic E-state index is 12.4. The van der Waals surface area contributed by atoms with E-state index in [2.05, 4.69) is 15.5 Å². The van der Waals surface area contributed by atoms with Crippen molar-refractivity contribution in [3.63, 3.8) is 0 Å². The molecular weight excluding hydrogens is 318 g/mol. The molecule has 0 bridgehead atoms. The van der Waals surface area contributed by atoms with Crippen LogP contribution in [0.3, 0.4) is 0 Å². The van der Waals surface area contributed by atoms with Gasteiger partial charge >= 0.3 is 6.03 Å². The Labute approximate surface area is 139 Å². The normalized spacial score (nSPS) is 13.8. The van der Waals surface area contributed by atoms with Gasteiger partial charge in [-0.2, -0.15) is 0 Å². The summed E-state index contributed by atoms with van der Waals surface area (Å²) in [6, 6.07) is 5.34. The number of hydrogen-bond donors (Lipinski definition) is 1. The zero-order chi connectivity index (χ0) is 16.4. The third kappa shape index (κ3) is 3.30. The Morgan fingerprint density at radius 2 is 2.22 bits per heavy atom. The van der Waals surface area contributed by atoms with E-state index >= 15 is 0 Å². The number of urea groups is 1. The van der Waals surface area contributed by atoms with Gasteiger partial charge in [-0.3, -0.25) is 0 Å². The lowest BCUT2D eigenvalue weighted by Gasteiger charge is -2.28. The van der Waals surface area contributed by atoms with Crippen molar-refractivity contribution in [3.8, 4) is 0 Å². The highest BCUT2D eigenvalue weighted by atomic mass is 35.5. The van der Waals surface area contributed by atoms with E-state index in [1.807, 2.05) is 23.6 Å². The van der Waals surface area contributed by atoms with E-state index in [0.717, 1.165) is 17.2 Å². The first-order valence-corrected chi connectivity index (χ1v) is 7.68. The number of fused-ring (bicyclic) bond motifs is 1. The number of ether oxygens (including phenoxy) is 1. The first kappa shape index (κ1) is 15.8. The van der Waals surface area contributed by atoms with Crippen molar-refractivity contribution < 1.29 is 9.53 Å². The lowest BCUT2D eigenvalue weighted by Crippen LogP contribution is -2.41. The number of carbonyl (C=O) groups excluding carboxylic acids is 1. The van der Waals surface area contributed by atoms with Gasteiger partial charge < -0.3 is 19.5 Å². The van der Waals surface area contributed by atoms with Crippen LogP contribution in [0.5, 0.6) is 0 Å². The monoisotopic (exact) mass is 335 g/mol. The summed E-state index contributed by atoms with van der Waals surface area (Å²) in [5.41, 5.74) is 1.65. The molecule has 0 atom stereocenters. The minimum absolute atomic E-state index is 0.196. The number of methoxy groups -OCH3 is 1. The van der Waals surface area contributed by atoms with Crippen LogP contribution in [-0.4, -0.2) is 39.4 Å². The maximum Gasteiger partial charge on any atom is 0.322 e. The fourth-order valence-electron chi connectivity index (χ4n) is 2.54. The molecule has 1 N–H and O–H groups in total. The summed E-state index contributed by atoms with van der Waals surface area (Å²) >= 11 is 6.16. The standard InChI is InChI=1S/C15H18ClN5O2/c1-10-3-4-12(11(16)7-10)17-15(22)20-5-6-21-13(8-20)18-19-14(21)9-23-2/h3-4,7H,5-6,8-9H2,1-2H3,(H,17,22). The summed E-state index contributed by atoms with van der Waals surface area (Å²) in [4.78, 5) is 14.1. The molecule has 2 heterocycles. The fraction of sp³-hybridized carbons (Fsp3) is 0.400. The SMILES string of the molecule is COCc1nnc2n1CCN(C(=O)Nc1ccc(C)cc1Cl)C2. The van der Waals surface area contributed by atoms with Gasteiger partial charge in [0, 0.05) is 20.2 Å². The van der Waals surface area contributed by atoms with E-state index in [-0.39, 0.29) is 6.03 Å². The molecule has 1 aliphatic rings. The van der Waals surface area contributed by atoms with Gasteiger partial charge in [0.2, 0.25) is 0 Å². The smallest absolute Gasteiger partial charge is 0.322 e. The summed E-state index contributed by atoms with van der Waals surface area (Å²) < 4.78 is 7.09. The van der Waals surface area contributed by atoms with Crippen molar-refractivity contribution in [2.24, 2.45) is 0 Å². The minimum atomic E-state index is -0.196. The largest absolute Gasteiger partial charge is 0.377 e. The Balaban J connectivity index is 1.69. The zero-order valence-electron chi connectivity index (χ0n) is 13.0. The molecule has 8 heteroatoms. The lowest BCUT2D eigenvalue weighted by atomic mass is 10.2. The van der Waals surface area contributed by atoms with Crippen molar-refractivity contribution in [2.45, 2.75) is 26.6 Å². The summed E-state index contributed by atoms with van der Waals surface area (Å²) in [6.45, 7) is 4.00. The second-order valence-corrected chi connectivity index (χ2v) is 5.86. The molecule has 0 aliphatic carbocycles. The summed E-state index contributed by atoms with van der Waals surface area (Å²) in [5, 5.41) is 11.6. The molecule has 0 unspecified atom stereocenters. The summed E-state index contributed by atoms with van der Waals surface area (Å²) in [5.74, 6) is 1.54. The van der Waals surface area contributed by atoms with Crippen molar-refractivity contribution >= 4 is 23.3 Å². The van der Waals surface area contributed by atoms with Crippen molar-refractivity contribution in [2.75, 3.05) is 19.0 Å². The van der Waals surface area contributed by atoms with E-state index in [0.29, 0.717) is 37.0 Å². The summed E-state index contributed by atoms with van der Waals surface area (Å²) in [6.07, 6.45) is 0. The van der Waals surface area contributed by atoms with E-state index in [1.54, 1.807) is 18.1 Å². The Morgan fingerprint density at radius 1 is 1.39 bits per heavy atom. The quantitative estimate of drug-likeness (QED) is 0.935. The number of nitrogens with one attached hydrogen (secondary N) is 1. The first-order valence-electron chi connectivity index (χ1n) is 7.30. The molecule has 0 saturated carbocycles. The topological polar surface area (TPSA) is 72.3 Å². The van der Waals surface area contributed by atoms with Crippen LogP contribution >= 0.6 is 11.6 Å². The average molecular weight is 336 g/mol. The molecular formula is C15H18ClN5O2. The Morgan fingerprint density at radius 3 is 2.96 bits per heavy atom. The molecule has 23 heavy (non-hydrogen) atoms. The van der Waals surface area contributed by atoms with Crippen LogP contribution < -0.4 is 5.32 Å². The van der Waals surface area contributed by atoms with Gasteiger partial charge in [-0.1, -0.05) is 17.7 Å². The highest BCUT2D eigenvalue weighted by Crippen LogP contribution is 2.23. The molecule has 0 spiro atoms. The highest BCUT2D eigenvalue weighted by Gasteiger charge is 2.24. The molecule has 0 radical (unpaired) electrons. The molecule has 1 aromatic carbocycles. The van der Waals surface area contributed by atoms with Crippen LogP contribution in [0.15, 0.2) is 18.2 Å². The van der Waals surface area contributed by atoms with Gasteiger partial charge in [-0.25, -0.2) is 4.79 Å². The average Bonchev–Trinajstić information content (AvgIpc) is 2.93. The number of anilines is 1. The number of rotatable bonds is 3. The Hall–Kier alpha value is -2.12. The number of halogens is 1. The van der Waals surface area contributed by atoms with Crippen molar-refractivity contribution in [3.05, 3.63) is 40.4 Å². The van der Waals surface area contributed by atoms with Gasteiger partial charge in [-0.05, 0) is 24.6 Å². The van der Waals surface area contributed by atoms with Gasteiger partial charge in [-0.15, -0.1) is 10.2 Å². The third-order valence-electron chi connectivity index (χ3n) is 3.76. The fourth-order valence-corrected chi connectivity index (χ4v) is 2.83.